The second-order valence-corrected chi connectivity index (χ2v) is 7.72. The number of azo groups is 1. The summed E-state index contributed by atoms with van der Waals surface area (Å²) in [5, 5.41) is 19.2. The lowest BCUT2D eigenvalue weighted by Crippen LogP contribution is -2.35. The van der Waals surface area contributed by atoms with E-state index in [-0.39, 0.29) is 0 Å². The third kappa shape index (κ3) is 5.45. The molecular formula is C28H23N3O5. The predicted molar refractivity (Wildman–Crippen MR) is 134 cm³/mol. The Morgan fingerprint density at radius 3 is 2.00 bits per heavy atom. The van der Waals surface area contributed by atoms with Gasteiger partial charge in [0.15, 0.2) is 5.60 Å². The van der Waals surface area contributed by atoms with Crippen molar-refractivity contribution >= 4 is 23.3 Å². The van der Waals surface area contributed by atoms with Crippen LogP contribution < -0.4 is 10.2 Å². The number of hydrogen-bond acceptors (Lipinski definition) is 7. The second-order valence-electron chi connectivity index (χ2n) is 7.72. The van der Waals surface area contributed by atoms with E-state index < -0.39 is 17.5 Å². The zero-order valence-corrected chi connectivity index (χ0v) is 19.4. The highest BCUT2D eigenvalue weighted by atomic mass is 16.7. The average Bonchev–Trinajstić information content (AvgIpc) is 2.95. The maximum atomic E-state index is 13.1. The normalized spacial score (nSPS) is 11.2. The van der Waals surface area contributed by atoms with Crippen molar-refractivity contribution in [3.05, 3.63) is 126 Å². The Hall–Kier alpha value is -4.82. The smallest absolute Gasteiger partial charge is 0.362 e. The molecule has 0 atom stereocenters. The Bertz CT molecular complexity index is 1320. The van der Waals surface area contributed by atoms with Gasteiger partial charge in [0.1, 0.15) is 5.75 Å². The Morgan fingerprint density at radius 2 is 1.42 bits per heavy atom. The van der Waals surface area contributed by atoms with Crippen LogP contribution in [-0.2, 0) is 15.2 Å². The fourth-order valence-corrected chi connectivity index (χ4v) is 3.46. The van der Waals surface area contributed by atoms with Gasteiger partial charge in [-0.2, -0.15) is 0 Å². The van der Waals surface area contributed by atoms with Gasteiger partial charge < -0.3 is 14.7 Å². The molecule has 0 bridgehead atoms. The van der Waals surface area contributed by atoms with E-state index in [9.17, 15) is 14.7 Å². The van der Waals surface area contributed by atoms with Gasteiger partial charge in [-0.1, -0.05) is 66.7 Å². The van der Waals surface area contributed by atoms with Crippen LogP contribution in [0.1, 0.15) is 21.5 Å². The number of benzene rings is 4. The number of nitrogens with one attached hydrogen (secondary N) is 1. The molecule has 4 aromatic carbocycles. The number of carbonyl (C=O) groups is 2. The van der Waals surface area contributed by atoms with Crippen molar-refractivity contribution < 1.29 is 24.3 Å². The molecule has 0 fully saturated rings. The fraction of sp³-hybridized carbons (Fsp3) is 0.0714. The second kappa shape index (κ2) is 11.1. The molecule has 0 saturated carbocycles. The van der Waals surface area contributed by atoms with Crippen molar-refractivity contribution in [3.63, 3.8) is 0 Å². The quantitative estimate of drug-likeness (QED) is 0.257. The van der Waals surface area contributed by atoms with E-state index in [1.807, 2.05) is 0 Å². The summed E-state index contributed by atoms with van der Waals surface area (Å²) in [4.78, 5) is 30.4. The molecule has 0 unspecified atom stereocenters. The van der Waals surface area contributed by atoms with Crippen LogP contribution in [0.25, 0.3) is 0 Å². The standard InChI is InChI=1S/C28H23N3O5/c1-35-25-14-8-9-20(19-25)26(32)36-31-24-17-15-23(16-18-24)29-30-27(33)28(34,21-10-4-2-5-11-21)22-12-6-3-7-13-22/h2-19,31,34H,1H3. The molecule has 36 heavy (non-hydrogen) atoms. The highest BCUT2D eigenvalue weighted by Crippen LogP contribution is 2.31. The lowest BCUT2D eigenvalue weighted by molar-refractivity contribution is -0.133. The molecule has 4 rings (SSSR count). The van der Waals surface area contributed by atoms with E-state index in [0.29, 0.717) is 33.8 Å². The molecule has 0 aliphatic carbocycles. The summed E-state index contributed by atoms with van der Waals surface area (Å²) in [6, 6.07) is 30.2. The van der Waals surface area contributed by atoms with Gasteiger partial charge in [-0.05, 0) is 53.6 Å². The minimum absolute atomic E-state index is 0.329. The first-order chi connectivity index (χ1) is 17.5. The van der Waals surface area contributed by atoms with E-state index in [0.717, 1.165) is 0 Å². The SMILES string of the molecule is COc1cccc(C(=O)ONc2ccc(N=NC(=O)C(O)(c3ccccc3)c3ccccc3)cc2)c1. The lowest BCUT2D eigenvalue weighted by Gasteiger charge is -2.25. The number of rotatable bonds is 8. The number of methoxy groups -OCH3 is 1. The van der Waals surface area contributed by atoms with Gasteiger partial charge in [0.05, 0.1) is 24.0 Å². The van der Waals surface area contributed by atoms with Crippen LogP contribution in [0.4, 0.5) is 11.4 Å². The van der Waals surface area contributed by atoms with Gasteiger partial charge in [-0.3, -0.25) is 4.79 Å². The topological polar surface area (TPSA) is 110 Å². The van der Waals surface area contributed by atoms with Crippen molar-refractivity contribution in [3.8, 4) is 5.75 Å². The molecule has 0 aliphatic rings. The molecule has 1 amide bonds. The number of amides is 1. The van der Waals surface area contributed by atoms with E-state index in [1.54, 1.807) is 109 Å². The van der Waals surface area contributed by atoms with Crippen molar-refractivity contribution in [2.75, 3.05) is 12.6 Å². The summed E-state index contributed by atoms with van der Waals surface area (Å²) in [5.74, 6) is -0.862. The Balaban J connectivity index is 1.45. The summed E-state index contributed by atoms with van der Waals surface area (Å²) < 4.78 is 5.10. The molecule has 0 spiro atoms. The van der Waals surface area contributed by atoms with Gasteiger partial charge in [0.25, 0.3) is 0 Å². The molecule has 2 N–H and O–H groups in total. The third-order valence-electron chi connectivity index (χ3n) is 5.38. The Kier molecular flexibility index (Phi) is 7.48. The summed E-state index contributed by atoms with van der Waals surface area (Å²) in [5.41, 5.74) is 2.55. The van der Waals surface area contributed by atoms with Gasteiger partial charge in [0.2, 0.25) is 0 Å². The number of ether oxygens (including phenoxy) is 1. The third-order valence-corrected chi connectivity index (χ3v) is 5.38. The Morgan fingerprint density at radius 1 is 0.806 bits per heavy atom. The number of carbonyl (C=O) groups excluding carboxylic acids is 2. The van der Waals surface area contributed by atoms with Crippen LogP contribution in [0.2, 0.25) is 0 Å². The maximum Gasteiger partial charge on any atom is 0.362 e. The number of aliphatic hydroxyl groups is 1. The monoisotopic (exact) mass is 481 g/mol. The van der Waals surface area contributed by atoms with Crippen LogP contribution in [0, 0.1) is 0 Å². The van der Waals surface area contributed by atoms with E-state index in [2.05, 4.69) is 15.7 Å². The molecule has 0 heterocycles. The highest BCUT2D eigenvalue weighted by Gasteiger charge is 2.40. The molecule has 8 nitrogen and oxygen atoms in total. The van der Waals surface area contributed by atoms with Crippen LogP contribution in [-0.4, -0.2) is 24.1 Å². The van der Waals surface area contributed by atoms with Crippen molar-refractivity contribution in [2.45, 2.75) is 5.60 Å². The zero-order chi connectivity index (χ0) is 25.4. The Labute approximate surface area is 207 Å². The van der Waals surface area contributed by atoms with Crippen LogP contribution >= 0.6 is 0 Å². The molecule has 8 heteroatoms. The lowest BCUT2D eigenvalue weighted by atomic mass is 9.86. The van der Waals surface area contributed by atoms with Gasteiger partial charge >= 0.3 is 11.9 Å². The summed E-state index contributed by atoms with van der Waals surface area (Å²) >= 11 is 0. The first kappa shape index (κ1) is 24.3. The van der Waals surface area contributed by atoms with E-state index >= 15 is 0 Å². The van der Waals surface area contributed by atoms with Crippen LogP contribution in [0.5, 0.6) is 5.75 Å². The van der Waals surface area contributed by atoms with Crippen molar-refractivity contribution in [2.24, 2.45) is 10.2 Å². The van der Waals surface area contributed by atoms with E-state index in [1.165, 1.54) is 7.11 Å². The number of hydrogen-bond donors (Lipinski definition) is 2. The maximum absolute atomic E-state index is 13.1. The largest absolute Gasteiger partial charge is 0.497 e. The minimum Gasteiger partial charge on any atom is -0.497 e. The van der Waals surface area contributed by atoms with Gasteiger partial charge in [-0.15, -0.1) is 10.2 Å². The number of nitrogens with zero attached hydrogens (tertiary/aromatic N) is 2. The highest BCUT2D eigenvalue weighted by molar-refractivity contribution is 5.91. The summed E-state index contributed by atoms with van der Waals surface area (Å²) in [6.07, 6.45) is 0. The molecule has 0 saturated heterocycles. The van der Waals surface area contributed by atoms with Gasteiger partial charge in [-0.25, -0.2) is 10.3 Å². The molecule has 180 valence electrons. The minimum atomic E-state index is -1.98. The van der Waals surface area contributed by atoms with Crippen LogP contribution in [0.15, 0.2) is 119 Å². The zero-order valence-electron chi connectivity index (χ0n) is 19.4. The van der Waals surface area contributed by atoms with Crippen molar-refractivity contribution in [1.29, 1.82) is 0 Å². The molecule has 0 aromatic heterocycles. The van der Waals surface area contributed by atoms with Gasteiger partial charge in [0, 0.05) is 0 Å². The number of anilines is 1. The molecule has 0 radical (unpaired) electrons. The molecule has 0 aliphatic heterocycles. The molecule has 4 aromatic rings. The first-order valence-electron chi connectivity index (χ1n) is 11.0. The summed E-state index contributed by atoms with van der Waals surface area (Å²) in [7, 11) is 1.51. The average molecular weight is 482 g/mol. The fourth-order valence-electron chi connectivity index (χ4n) is 3.46. The van der Waals surface area contributed by atoms with Crippen LogP contribution in [0.3, 0.4) is 0 Å². The first-order valence-corrected chi connectivity index (χ1v) is 11.0. The summed E-state index contributed by atoms with van der Waals surface area (Å²) in [6.45, 7) is 0. The predicted octanol–water partition coefficient (Wildman–Crippen LogP) is 5.43. The molecular weight excluding hydrogens is 458 g/mol. The van der Waals surface area contributed by atoms with E-state index in [4.69, 9.17) is 9.57 Å². The van der Waals surface area contributed by atoms with Crippen molar-refractivity contribution in [1.82, 2.24) is 0 Å².